The van der Waals surface area contributed by atoms with E-state index >= 15 is 0 Å². The van der Waals surface area contributed by atoms with Gasteiger partial charge in [0.15, 0.2) is 0 Å². The van der Waals surface area contributed by atoms with E-state index in [1.807, 2.05) is 43.2 Å². The van der Waals surface area contributed by atoms with Crippen LogP contribution in [0.15, 0.2) is 17.5 Å². The molecule has 1 saturated heterocycles. The first-order chi connectivity index (χ1) is 9.99. The number of carbonyl (C=O) groups excluding carboxylic acids is 2. The molecule has 1 aromatic rings. The summed E-state index contributed by atoms with van der Waals surface area (Å²) in [6.45, 7) is 5.88. The summed E-state index contributed by atoms with van der Waals surface area (Å²) in [6.07, 6.45) is 2.70. The zero-order valence-corrected chi connectivity index (χ0v) is 13.6. The van der Waals surface area contributed by atoms with Crippen LogP contribution in [0.4, 0.5) is 0 Å². The molecule has 2 heterocycles. The van der Waals surface area contributed by atoms with E-state index in [-0.39, 0.29) is 23.9 Å². The fraction of sp³-hybridized carbons (Fsp3) is 0.625. The number of amides is 2. The molecular formula is C16H22N2O2S. The predicted molar refractivity (Wildman–Crippen MR) is 82.9 cm³/mol. The molecule has 21 heavy (non-hydrogen) atoms. The Morgan fingerprint density at radius 3 is 2.71 bits per heavy atom. The second kappa shape index (κ2) is 5.13. The highest BCUT2D eigenvalue weighted by atomic mass is 32.1. The molecule has 0 bridgehead atoms. The van der Waals surface area contributed by atoms with Crippen molar-refractivity contribution in [3.05, 3.63) is 22.4 Å². The summed E-state index contributed by atoms with van der Waals surface area (Å²) in [5.41, 5.74) is -0.714. The quantitative estimate of drug-likeness (QED) is 0.930. The van der Waals surface area contributed by atoms with Gasteiger partial charge in [-0.05, 0) is 50.5 Å². The Hall–Kier alpha value is -1.36. The van der Waals surface area contributed by atoms with Crippen molar-refractivity contribution in [3.63, 3.8) is 0 Å². The summed E-state index contributed by atoms with van der Waals surface area (Å²) in [5.74, 6) is 0.372. The zero-order valence-electron chi connectivity index (χ0n) is 12.8. The Balaban J connectivity index is 1.96. The van der Waals surface area contributed by atoms with E-state index < -0.39 is 5.54 Å². The van der Waals surface area contributed by atoms with E-state index in [4.69, 9.17) is 0 Å². The van der Waals surface area contributed by atoms with Crippen molar-refractivity contribution in [2.75, 3.05) is 0 Å². The van der Waals surface area contributed by atoms with E-state index in [0.717, 1.165) is 17.7 Å². The lowest BCUT2D eigenvalue weighted by Gasteiger charge is -2.47. The zero-order chi connectivity index (χ0) is 15.2. The van der Waals surface area contributed by atoms with Gasteiger partial charge in [0.05, 0.1) is 6.04 Å². The summed E-state index contributed by atoms with van der Waals surface area (Å²) >= 11 is 1.64. The lowest BCUT2D eigenvalue weighted by Crippen LogP contribution is -2.70. The van der Waals surface area contributed by atoms with Gasteiger partial charge in [-0.15, -0.1) is 11.3 Å². The first-order valence-corrected chi connectivity index (χ1v) is 8.55. The van der Waals surface area contributed by atoms with Gasteiger partial charge in [0, 0.05) is 4.88 Å². The lowest BCUT2D eigenvalue weighted by atomic mass is 9.87. The van der Waals surface area contributed by atoms with Crippen molar-refractivity contribution >= 4 is 23.2 Å². The first kappa shape index (κ1) is 14.6. The molecule has 0 spiro atoms. The number of nitrogens with one attached hydrogen (secondary N) is 1. The molecule has 114 valence electrons. The molecule has 1 saturated carbocycles. The van der Waals surface area contributed by atoms with Crippen molar-refractivity contribution in [1.29, 1.82) is 0 Å². The highest BCUT2D eigenvalue weighted by molar-refractivity contribution is 7.10. The van der Waals surface area contributed by atoms with Gasteiger partial charge in [0.25, 0.3) is 0 Å². The number of hydrogen-bond acceptors (Lipinski definition) is 3. The van der Waals surface area contributed by atoms with Crippen molar-refractivity contribution < 1.29 is 9.59 Å². The van der Waals surface area contributed by atoms with Crippen molar-refractivity contribution in [2.24, 2.45) is 5.92 Å². The van der Waals surface area contributed by atoms with Gasteiger partial charge in [-0.2, -0.15) is 0 Å². The second-order valence-corrected chi connectivity index (χ2v) is 7.27. The van der Waals surface area contributed by atoms with Crippen LogP contribution in [0.25, 0.3) is 0 Å². The molecule has 1 aliphatic carbocycles. The molecule has 3 atom stereocenters. The standard InChI is InChI=1S/C16H22N2O2S/c1-4-12-14(19)17-16(3,11-7-8-11)15(20)18(12)10(2)13-6-5-9-21-13/h5-6,9-12H,4,7-8H2,1-3H3,(H,17,19). The molecule has 5 heteroatoms. The number of piperazine rings is 1. The Kier molecular flexibility index (Phi) is 3.56. The maximum Gasteiger partial charge on any atom is 0.249 e. The molecule has 2 aliphatic rings. The van der Waals surface area contributed by atoms with Crippen LogP contribution in [0.3, 0.4) is 0 Å². The fourth-order valence-corrected chi connectivity index (χ4v) is 4.14. The van der Waals surface area contributed by atoms with Gasteiger partial charge in [-0.1, -0.05) is 13.0 Å². The van der Waals surface area contributed by atoms with E-state index in [9.17, 15) is 9.59 Å². The molecule has 1 aromatic heterocycles. The number of rotatable bonds is 4. The minimum Gasteiger partial charge on any atom is -0.340 e. The predicted octanol–water partition coefficient (Wildman–Crippen LogP) is 2.71. The van der Waals surface area contributed by atoms with Crippen LogP contribution in [0.2, 0.25) is 0 Å². The molecule has 2 amide bonds. The Morgan fingerprint density at radius 1 is 1.48 bits per heavy atom. The summed E-state index contributed by atoms with van der Waals surface area (Å²) in [7, 11) is 0. The maximum atomic E-state index is 13.1. The first-order valence-electron chi connectivity index (χ1n) is 7.67. The second-order valence-electron chi connectivity index (χ2n) is 6.29. The van der Waals surface area contributed by atoms with E-state index in [1.54, 1.807) is 11.3 Å². The van der Waals surface area contributed by atoms with Crippen LogP contribution < -0.4 is 5.32 Å². The molecule has 4 nitrogen and oxygen atoms in total. The van der Waals surface area contributed by atoms with Crippen LogP contribution in [-0.4, -0.2) is 28.3 Å². The Morgan fingerprint density at radius 2 is 2.19 bits per heavy atom. The van der Waals surface area contributed by atoms with Gasteiger partial charge >= 0.3 is 0 Å². The van der Waals surface area contributed by atoms with Crippen molar-refractivity contribution in [3.8, 4) is 0 Å². The van der Waals surface area contributed by atoms with Crippen LogP contribution in [0.1, 0.15) is 51.0 Å². The molecule has 0 aromatic carbocycles. The van der Waals surface area contributed by atoms with E-state index in [2.05, 4.69) is 5.32 Å². The highest BCUT2D eigenvalue weighted by Crippen LogP contribution is 2.44. The van der Waals surface area contributed by atoms with Crippen LogP contribution >= 0.6 is 11.3 Å². The molecule has 2 fully saturated rings. The molecule has 1 aliphatic heterocycles. The monoisotopic (exact) mass is 306 g/mol. The smallest absolute Gasteiger partial charge is 0.249 e. The minimum atomic E-state index is -0.714. The summed E-state index contributed by atoms with van der Waals surface area (Å²) in [4.78, 5) is 28.6. The number of thiophene rings is 1. The van der Waals surface area contributed by atoms with Crippen molar-refractivity contribution in [2.45, 2.75) is 57.7 Å². The van der Waals surface area contributed by atoms with Gasteiger partial charge < -0.3 is 10.2 Å². The molecule has 0 radical (unpaired) electrons. The highest BCUT2D eigenvalue weighted by Gasteiger charge is 2.55. The third-order valence-electron chi connectivity index (χ3n) is 4.85. The molecular weight excluding hydrogens is 284 g/mol. The third-order valence-corrected chi connectivity index (χ3v) is 5.90. The SMILES string of the molecule is CCC1C(=O)NC(C)(C2CC2)C(=O)N1C(C)c1cccs1. The minimum absolute atomic E-state index is 0.00472. The van der Waals surface area contributed by atoms with Gasteiger partial charge in [-0.3, -0.25) is 9.59 Å². The van der Waals surface area contributed by atoms with E-state index in [0.29, 0.717) is 12.3 Å². The van der Waals surface area contributed by atoms with Crippen molar-refractivity contribution in [1.82, 2.24) is 10.2 Å². The number of nitrogens with zero attached hydrogens (tertiary/aromatic N) is 1. The lowest BCUT2D eigenvalue weighted by molar-refractivity contribution is -0.158. The Labute approximate surface area is 129 Å². The maximum absolute atomic E-state index is 13.1. The van der Waals surface area contributed by atoms with Crippen LogP contribution in [-0.2, 0) is 9.59 Å². The van der Waals surface area contributed by atoms with Crippen LogP contribution in [0.5, 0.6) is 0 Å². The average molecular weight is 306 g/mol. The molecule has 3 unspecified atom stereocenters. The van der Waals surface area contributed by atoms with Gasteiger partial charge in [0.1, 0.15) is 11.6 Å². The summed E-state index contributed by atoms with van der Waals surface area (Å²) < 4.78 is 0. The van der Waals surface area contributed by atoms with Crippen LogP contribution in [0, 0.1) is 5.92 Å². The largest absolute Gasteiger partial charge is 0.340 e. The van der Waals surface area contributed by atoms with E-state index in [1.165, 1.54) is 0 Å². The topological polar surface area (TPSA) is 49.4 Å². The third kappa shape index (κ3) is 2.27. The summed E-state index contributed by atoms with van der Waals surface area (Å²) in [6, 6.07) is 3.62. The summed E-state index contributed by atoms with van der Waals surface area (Å²) in [5, 5.41) is 5.02. The Bertz CT molecular complexity index is 553. The number of hydrogen-bond donors (Lipinski definition) is 1. The van der Waals surface area contributed by atoms with Gasteiger partial charge in [0.2, 0.25) is 11.8 Å². The molecule has 3 rings (SSSR count). The normalized spacial score (nSPS) is 31.2. The van der Waals surface area contributed by atoms with Gasteiger partial charge in [-0.25, -0.2) is 0 Å². The number of carbonyl (C=O) groups is 2. The fourth-order valence-electron chi connectivity index (χ4n) is 3.36. The molecule has 1 N–H and O–H groups in total. The average Bonchev–Trinajstić information content (AvgIpc) is 3.18.